The van der Waals surface area contributed by atoms with Gasteiger partial charge in [0.05, 0.1) is 12.1 Å². The Bertz CT molecular complexity index is 683. The van der Waals surface area contributed by atoms with Gasteiger partial charge in [-0.25, -0.2) is 13.4 Å². The van der Waals surface area contributed by atoms with Gasteiger partial charge in [-0.1, -0.05) is 0 Å². The number of carbonyl (C=O) groups is 1. The fraction of sp³-hybridized carbons (Fsp3) is 0.538. The van der Waals surface area contributed by atoms with Crippen molar-refractivity contribution in [2.24, 2.45) is 5.92 Å². The summed E-state index contributed by atoms with van der Waals surface area (Å²) < 4.78 is 66.5. The lowest BCUT2D eigenvalue weighted by atomic mass is 9.99. The molecule has 1 aliphatic heterocycles. The van der Waals surface area contributed by atoms with Crippen molar-refractivity contribution in [3.05, 3.63) is 18.3 Å². The molecule has 11 heteroatoms. The number of hydrogen-bond donors (Lipinski definition) is 1. The predicted molar refractivity (Wildman–Crippen MR) is 74.9 cm³/mol. The molecular formula is C13H15F3N2O5S. The largest absolute Gasteiger partial charge is 0.481 e. The Hall–Kier alpha value is -1.88. The zero-order valence-corrected chi connectivity index (χ0v) is 13.2. The fourth-order valence-corrected chi connectivity index (χ4v) is 3.67. The maximum absolute atomic E-state index is 12.4. The lowest BCUT2D eigenvalue weighted by molar-refractivity contribution is -0.154. The van der Waals surface area contributed by atoms with Crippen LogP contribution in [0.25, 0.3) is 0 Å². The van der Waals surface area contributed by atoms with Crippen LogP contribution in [0.4, 0.5) is 13.2 Å². The number of piperidine rings is 1. The molecule has 0 unspecified atom stereocenters. The second-order valence-corrected chi connectivity index (χ2v) is 7.19. The number of carboxylic acid groups (broad SMARTS) is 1. The molecule has 1 saturated heterocycles. The molecular weight excluding hydrogens is 353 g/mol. The summed E-state index contributed by atoms with van der Waals surface area (Å²) >= 11 is 0. The number of alkyl halides is 3. The van der Waals surface area contributed by atoms with E-state index in [1.165, 1.54) is 0 Å². The van der Waals surface area contributed by atoms with Crippen molar-refractivity contribution in [2.75, 3.05) is 19.7 Å². The zero-order valence-electron chi connectivity index (χ0n) is 12.4. The molecule has 0 spiro atoms. The number of halogens is 3. The molecule has 24 heavy (non-hydrogen) atoms. The Balaban J connectivity index is 2.03. The minimum absolute atomic E-state index is 0.0611. The minimum Gasteiger partial charge on any atom is -0.481 e. The normalized spacial score (nSPS) is 17.6. The first-order valence-corrected chi connectivity index (χ1v) is 8.42. The third kappa shape index (κ3) is 4.57. The fourth-order valence-electron chi connectivity index (χ4n) is 2.25. The lowest BCUT2D eigenvalue weighted by Crippen LogP contribution is -2.40. The van der Waals surface area contributed by atoms with Gasteiger partial charge in [-0.2, -0.15) is 17.5 Å². The summed E-state index contributed by atoms with van der Waals surface area (Å²) in [5.74, 6) is -1.87. The maximum atomic E-state index is 12.4. The first-order valence-electron chi connectivity index (χ1n) is 6.98. The summed E-state index contributed by atoms with van der Waals surface area (Å²) in [4.78, 5) is 14.3. The number of carboxylic acids is 1. The van der Waals surface area contributed by atoms with Gasteiger partial charge in [-0.3, -0.25) is 4.79 Å². The van der Waals surface area contributed by atoms with Crippen LogP contribution >= 0.6 is 0 Å². The molecule has 1 aromatic heterocycles. The number of aromatic nitrogens is 1. The quantitative estimate of drug-likeness (QED) is 0.846. The second-order valence-electron chi connectivity index (χ2n) is 5.25. The van der Waals surface area contributed by atoms with Crippen LogP contribution < -0.4 is 4.74 Å². The van der Waals surface area contributed by atoms with E-state index in [9.17, 15) is 26.4 Å². The van der Waals surface area contributed by atoms with Gasteiger partial charge < -0.3 is 9.84 Å². The van der Waals surface area contributed by atoms with Crippen LogP contribution in [0.3, 0.4) is 0 Å². The Kier molecular flexibility index (Phi) is 5.33. The van der Waals surface area contributed by atoms with Gasteiger partial charge in [0.1, 0.15) is 4.90 Å². The van der Waals surface area contributed by atoms with Gasteiger partial charge in [0, 0.05) is 19.2 Å². The molecule has 2 rings (SSSR count). The average Bonchev–Trinajstić information content (AvgIpc) is 2.52. The van der Waals surface area contributed by atoms with Crippen LogP contribution in [0.5, 0.6) is 5.88 Å². The van der Waals surface area contributed by atoms with Gasteiger partial charge >= 0.3 is 12.1 Å². The van der Waals surface area contributed by atoms with Gasteiger partial charge in [-0.05, 0) is 18.9 Å². The smallest absolute Gasteiger partial charge is 0.422 e. The Morgan fingerprint density at radius 2 is 1.96 bits per heavy atom. The van der Waals surface area contributed by atoms with Gasteiger partial charge in [0.25, 0.3) is 0 Å². The Morgan fingerprint density at radius 3 is 2.42 bits per heavy atom. The van der Waals surface area contributed by atoms with Crippen LogP contribution in [0.1, 0.15) is 12.8 Å². The van der Waals surface area contributed by atoms with E-state index in [1.54, 1.807) is 0 Å². The predicted octanol–water partition coefficient (Wildman–Crippen LogP) is 1.51. The number of pyridine rings is 1. The van der Waals surface area contributed by atoms with Gasteiger partial charge in [-0.15, -0.1) is 0 Å². The van der Waals surface area contributed by atoms with Crippen molar-refractivity contribution in [1.82, 2.24) is 9.29 Å². The van der Waals surface area contributed by atoms with Crippen molar-refractivity contribution >= 4 is 16.0 Å². The number of sulfonamides is 1. The van der Waals surface area contributed by atoms with E-state index in [1.807, 2.05) is 0 Å². The summed E-state index contributed by atoms with van der Waals surface area (Å²) in [6, 6.07) is 2.15. The van der Waals surface area contributed by atoms with Crippen LogP contribution in [0.15, 0.2) is 23.2 Å². The molecule has 0 aliphatic carbocycles. The number of hydrogen-bond acceptors (Lipinski definition) is 5. The highest BCUT2D eigenvalue weighted by Crippen LogP contribution is 2.24. The van der Waals surface area contributed by atoms with Crippen molar-refractivity contribution in [2.45, 2.75) is 23.9 Å². The first-order chi connectivity index (χ1) is 11.1. The molecule has 0 atom stereocenters. The topological polar surface area (TPSA) is 96.8 Å². The third-order valence-corrected chi connectivity index (χ3v) is 5.42. The first kappa shape index (κ1) is 18.5. The molecule has 1 fully saturated rings. The van der Waals surface area contributed by atoms with E-state index in [0.29, 0.717) is 0 Å². The standard InChI is InChI=1S/C13H15F3N2O5S/c14-13(15,16)8-23-11-2-1-10(7-17-11)24(21,22)18-5-3-9(4-6-18)12(19)20/h1-2,7,9H,3-6,8H2,(H,19,20). The van der Waals surface area contributed by atoms with Crippen LogP contribution in [-0.2, 0) is 14.8 Å². The summed E-state index contributed by atoms with van der Waals surface area (Å²) in [6.45, 7) is -1.40. The number of rotatable bonds is 5. The van der Waals surface area contributed by atoms with E-state index in [-0.39, 0.29) is 36.7 Å². The molecule has 0 bridgehead atoms. The van der Waals surface area contributed by atoms with Gasteiger partial charge in [0.15, 0.2) is 6.61 Å². The summed E-state index contributed by atoms with van der Waals surface area (Å²) in [5.41, 5.74) is 0. The van der Waals surface area contributed by atoms with E-state index >= 15 is 0 Å². The van der Waals surface area contributed by atoms with Crippen molar-refractivity contribution in [3.63, 3.8) is 0 Å². The van der Waals surface area contributed by atoms with E-state index in [4.69, 9.17) is 5.11 Å². The molecule has 2 heterocycles. The molecule has 1 aromatic rings. The highest BCUT2D eigenvalue weighted by Gasteiger charge is 2.32. The Morgan fingerprint density at radius 1 is 1.33 bits per heavy atom. The molecule has 7 nitrogen and oxygen atoms in total. The number of nitrogens with zero attached hydrogens (tertiary/aromatic N) is 2. The molecule has 1 aliphatic rings. The van der Waals surface area contributed by atoms with Gasteiger partial charge in [0.2, 0.25) is 15.9 Å². The number of ether oxygens (including phenoxy) is 1. The maximum Gasteiger partial charge on any atom is 0.422 e. The SMILES string of the molecule is O=C(O)C1CCN(S(=O)(=O)c2ccc(OCC(F)(F)F)nc2)CC1. The summed E-state index contributed by atoms with van der Waals surface area (Å²) in [5, 5.41) is 8.91. The minimum atomic E-state index is -4.51. The molecule has 0 aromatic carbocycles. The zero-order chi connectivity index (χ0) is 18.0. The summed E-state index contributed by atoms with van der Waals surface area (Å²) in [6.07, 6.45) is -3.19. The monoisotopic (exact) mass is 368 g/mol. The molecule has 0 amide bonds. The summed E-state index contributed by atoms with van der Waals surface area (Å²) in [7, 11) is -3.87. The highest BCUT2D eigenvalue weighted by atomic mass is 32.2. The molecule has 0 saturated carbocycles. The highest BCUT2D eigenvalue weighted by molar-refractivity contribution is 7.89. The van der Waals surface area contributed by atoms with Crippen molar-refractivity contribution < 1.29 is 36.2 Å². The average molecular weight is 368 g/mol. The van der Waals surface area contributed by atoms with Crippen LogP contribution in [0.2, 0.25) is 0 Å². The second kappa shape index (κ2) is 6.93. The van der Waals surface area contributed by atoms with Crippen molar-refractivity contribution in [3.8, 4) is 5.88 Å². The molecule has 1 N–H and O–H groups in total. The Labute approximate surface area is 136 Å². The number of aliphatic carboxylic acids is 1. The van der Waals surface area contributed by atoms with Crippen LogP contribution in [-0.4, -0.2) is 54.7 Å². The molecule has 0 radical (unpaired) electrons. The van der Waals surface area contributed by atoms with E-state index < -0.39 is 34.7 Å². The molecule has 134 valence electrons. The van der Waals surface area contributed by atoms with Crippen LogP contribution in [0, 0.1) is 5.92 Å². The third-order valence-electron chi connectivity index (χ3n) is 3.53. The van der Waals surface area contributed by atoms with E-state index in [2.05, 4.69) is 9.72 Å². The lowest BCUT2D eigenvalue weighted by Gasteiger charge is -2.29. The van der Waals surface area contributed by atoms with Crippen molar-refractivity contribution in [1.29, 1.82) is 0 Å². The van der Waals surface area contributed by atoms with E-state index in [0.717, 1.165) is 22.6 Å².